The third kappa shape index (κ3) is 2.49. The van der Waals surface area contributed by atoms with Crippen LogP contribution in [0.15, 0.2) is 53.0 Å². The van der Waals surface area contributed by atoms with Crippen LogP contribution in [0.4, 0.5) is 0 Å². The van der Waals surface area contributed by atoms with Crippen LogP contribution in [0.3, 0.4) is 0 Å². The second-order valence-electron chi connectivity index (χ2n) is 3.22. The van der Waals surface area contributed by atoms with Gasteiger partial charge >= 0.3 is 0 Å². The molecule has 0 aliphatic carbocycles. The molecule has 0 heterocycles. The van der Waals surface area contributed by atoms with E-state index in [1.807, 2.05) is 36.4 Å². The van der Waals surface area contributed by atoms with E-state index in [-0.39, 0.29) is 0 Å². The number of halogens is 1. The number of hydrogen-bond donors (Lipinski definition) is 0. The van der Waals surface area contributed by atoms with Crippen LogP contribution < -0.4 is 4.74 Å². The summed E-state index contributed by atoms with van der Waals surface area (Å²) in [7, 11) is 0. The van der Waals surface area contributed by atoms with Gasteiger partial charge in [0.25, 0.3) is 0 Å². The van der Waals surface area contributed by atoms with Crippen molar-refractivity contribution >= 4 is 22.2 Å². The van der Waals surface area contributed by atoms with E-state index in [0.717, 1.165) is 10.8 Å². The van der Waals surface area contributed by atoms with Gasteiger partial charge in [0.1, 0.15) is 11.5 Å². The van der Waals surface area contributed by atoms with Crippen molar-refractivity contribution in [2.45, 2.75) is 0 Å². The Morgan fingerprint density at radius 3 is 2.50 bits per heavy atom. The van der Waals surface area contributed by atoms with Gasteiger partial charge in [-0.3, -0.25) is 4.79 Å². The molecule has 0 fully saturated rings. The van der Waals surface area contributed by atoms with Gasteiger partial charge < -0.3 is 4.74 Å². The van der Waals surface area contributed by atoms with E-state index in [1.54, 1.807) is 12.1 Å². The lowest BCUT2D eigenvalue weighted by Gasteiger charge is -2.07. The number of carbonyl (C=O) groups is 1. The summed E-state index contributed by atoms with van der Waals surface area (Å²) in [5.41, 5.74) is 0.526. The van der Waals surface area contributed by atoms with Crippen molar-refractivity contribution in [2.24, 2.45) is 0 Å². The zero-order chi connectivity index (χ0) is 11.4. The lowest BCUT2D eigenvalue weighted by atomic mass is 10.2. The molecule has 0 aromatic heterocycles. The second kappa shape index (κ2) is 4.94. The highest BCUT2D eigenvalue weighted by atomic mass is 79.9. The number of para-hydroxylation sites is 1. The molecule has 80 valence electrons. The Kier molecular flexibility index (Phi) is 3.37. The van der Waals surface area contributed by atoms with E-state index in [0.29, 0.717) is 17.1 Å². The molecule has 16 heavy (non-hydrogen) atoms. The summed E-state index contributed by atoms with van der Waals surface area (Å²) in [6.07, 6.45) is 0.781. The predicted molar refractivity (Wildman–Crippen MR) is 66.0 cm³/mol. The highest BCUT2D eigenvalue weighted by molar-refractivity contribution is 9.10. The summed E-state index contributed by atoms with van der Waals surface area (Å²) >= 11 is 3.31. The average Bonchev–Trinajstić information content (AvgIpc) is 2.33. The number of ether oxygens (including phenoxy) is 1. The summed E-state index contributed by atoms with van der Waals surface area (Å²) in [6.45, 7) is 0. The van der Waals surface area contributed by atoms with Gasteiger partial charge in [-0.15, -0.1) is 0 Å². The van der Waals surface area contributed by atoms with Crippen molar-refractivity contribution in [3.05, 3.63) is 58.6 Å². The number of aldehydes is 1. The summed E-state index contributed by atoms with van der Waals surface area (Å²) in [5.74, 6) is 1.28. The molecule has 0 aliphatic rings. The van der Waals surface area contributed by atoms with Gasteiger partial charge in [0.05, 0.1) is 5.56 Å². The molecule has 0 atom stereocenters. The van der Waals surface area contributed by atoms with Crippen LogP contribution in [0.2, 0.25) is 0 Å². The molecule has 0 unspecified atom stereocenters. The number of rotatable bonds is 3. The second-order valence-corrected chi connectivity index (χ2v) is 4.13. The lowest BCUT2D eigenvalue weighted by molar-refractivity contribution is 0.112. The fraction of sp³-hybridized carbons (Fsp3) is 0. The molecular formula is C13H9BrO2. The van der Waals surface area contributed by atoms with Crippen LogP contribution in [0.1, 0.15) is 10.4 Å². The zero-order valence-corrected chi connectivity index (χ0v) is 9.98. The Morgan fingerprint density at radius 2 is 1.81 bits per heavy atom. The Hall–Kier alpha value is -1.61. The first kappa shape index (κ1) is 10.9. The summed E-state index contributed by atoms with van der Waals surface area (Å²) in [6, 6.07) is 14.7. The molecule has 2 rings (SSSR count). The molecule has 0 amide bonds. The molecule has 0 bridgehead atoms. The van der Waals surface area contributed by atoms with Crippen LogP contribution >= 0.6 is 15.9 Å². The van der Waals surface area contributed by atoms with Crippen LogP contribution in [-0.4, -0.2) is 6.29 Å². The fourth-order valence-electron chi connectivity index (χ4n) is 1.32. The maximum Gasteiger partial charge on any atom is 0.153 e. The number of benzene rings is 2. The van der Waals surface area contributed by atoms with E-state index < -0.39 is 0 Å². The van der Waals surface area contributed by atoms with E-state index >= 15 is 0 Å². The number of carbonyl (C=O) groups excluding carboxylic acids is 1. The van der Waals surface area contributed by atoms with Gasteiger partial charge in [-0.1, -0.05) is 34.1 Å². The Morgan fingerprint density at radius 1 is 1.06 bits per heavy atom. The van der Waals surface area contributed by atoms with Gasteiger partial charge in [0.2, 0.25) is 0 Å². The topological polar surface area (TPSA) is 26.3 Å². The smallest absolute Gasteiger partial charge is 0.153 e. The van der Waals surface area contributed by atoms with E-state index in [1.165, 1.54) is 0 Å². The largest absolute Gasteiger partial charge is 0.457 e. The summed E-state index contributed by atoms with van der Waals surface area (Å²) in [5, 5.41) is 0. The lowest BCUT2D eigenvalue weighted by Crippen LogP contribution is -1.90. The molecule has 0 spiro atoms. The minimum atomic E-state index is 0.526. The zero-order valence-electron chi connectivity index (χ0n) is 8.39. The van der Waals surface area contributed by atoms with Crippen molar-refractivity contribution in [3.63, 3.8) is 0 Å². The Bertz CT molecular complexity index is 495. The van der Waals surface area contributed by atoms with E-state index in [9.17, 15) is 4.79 Å². The first-order valence-corrected chi connectivity index (χ1v) is 5.56. The molecule has 0 saturated heterocycles. The standard InChI is InChI=1S/C13H9BrO2/c14-11-6-7-13(10(8-11)9-15)16-12-4-2-1-3-5-12/h1-9H. The van der Waals surface area contributed by atoms with Gasteiger partial charge in [0.15, 0.2) is 6.29 Å². The summed E-state index contributed by atoms with van der Waals surface area (Å²) < 4.78 is 6.46. The quantitative estimate of drug-likeness (QED) is 0.791. The van der Waals surface area contributed by atoms with Gasteiger partial charge in [-0.05, 0) is 30.3 Å². The molecule has 0 N–H and O–H groups in total. The molecule has 2 aromatic rings. The molecule has 2 nitrogen and oxygen atoms in total. The average molecular weight is 277 g/mol. The molecule has 0 saturated carbocycles. The molecule has 0 aliphatic heterocycles. The van der Waals surface area contributed by atoms with Crippen LogP contribution in [0.5, 0.6) is 11.5 Å². The van der Waals surface area contributed by atoms with Gasteiger partial charge in [0, 0.05) is 4.47 Å². The van der Waals surface area contributed by atoms with E-state index in [4.69, 9.17) is 4.74 Å². The van der Waals surface area contributed by atoms with Crippen molar-refractivity contribution in [3.8, 4) is 11.5 Å². The third-order valence-corrected chi connectivity index (χ3v) is 2.56. The first-order valence-electron chi connectivity index (χ1n) is 4.77. The molecule has 2 aromatic carbocycles. The first-order chi connectivity index (χ1) is 7.79. The molecule has 0 radical (unpaired) electrons. The maximum absolute atomic E-state index is 10.9. The van der Waals surface area contributed by atoms with Crippen LogP contribution in [-0.2, 0) is 0 Å². The summed E-state index contributed by atoms with van der Waals surface area (Å²) in [4.78, 5) is 10.9. The monoisotopic (exact) mass is 276 g/mol. The van der Waals surface area contributed by atoms with Gasteiger partial charge in [-0.25, -0.2) is 0 Å². The predicted octanol–water partition coefficient (Wildman–Crippen LogP) is 4.05. The molecule has 3 heteroatoms. The maximum atomic E-state index is 10.9. The highest BCUT2D eigenvalue weighted by Crippen LogP contribution is 2.26. The minimum Gasteiger partial charge on any atom is -0.457 e. The molecular weight excluding hydrogens is 268 g/mol. The van der Waals surface area contributed by atoms with Crippen molar-refractivity contribution in [2.75, 3.05) is 0 Å². The fourth-order valence-corrected chi connectivity index (χ4v) is 1.70. The number of hydrogen-bond acceptors (Lipinski definition) is 2. The third-order valence-electron chi connectivity index (χ3n) is 2.07. The van der Waals surface area contributed by atoms with Crippen molar-refractivity contribution in [1.82, 2.24) is 0 Å². The van der Waals surface area contributed by atoms with Crippen LogP contribution in [0, 0.1) is 0 Å². The SMILES string of the molecule is O=Cc1cc(Br)ccc1Oc1ccccc1. The minimum absolute atomic E-state index is 0.526. The van der Waals surface area contributed by atoms with Crippen molar-refractivity contribution < 1.29 is 9.53 Å². The van der Waals surface area contributed by atoms with E-state index in [2.05, 4.69) is 15.9 Å². The Labute approximate surface area is 102 Å². The van der Waals surface area contributed by atoms with Crippen molar-refractivity contribution in [1.29, 1.82) is 0 Å². The van der Waals surface area contributed by atoms with Gasteiger partial charge in [-0.2, -0.15) is 0 Å². The highest BCUT2D eigenvalue weighted by Gasteiger charge is 2.04. The Balaban J connectivity index is 2.31. The normalized spacial score (nSPS) is 9.81. The van der Waals surface area contributed by atoms with Crippen LogP contribution in [0.25, 0.3) is 0 Å².